The number of hydrogen-bond donors (Lipinski definition) is 1. The first-order valence-corrected chi connectivity index (χ1v) is 4.39. The molecule has 1 amide bonds. The van der Waals surface area contributed by atoms with Crippen LogP contribution in [0.5, 0.6) is 0 Å². The molecule has 5 nitrogen and oxygen atoms in total. The van der Waals surface area contributed by atoms with E-state index < -0.39 is 0 Å². The summed E-state index contributed by atoms with van der Waals surface area (Å²) in [5, 5.41) is 2.83. The van der Waals surface area contributed by atoms with E-state index in [0.29, 0.717) is 5.15 Å². The zero-order valence-electron chi connectivity index (χ0n) is 7.99. The van der Waals surface area contributed by atoms with Gasteiger partial charge in [-0.2, -0.15) is 0 Å². The van der Waals surface area contributed by atoms with Crippen LogP contribution in [0.1, 0.15) is 0 Å². The van der Waals surface area contributed by atoms with Gasteiger partial charge in [0.25, 0.3) is 0 Å². The molecule has 0 saturated heterocycles. The third-order valence-electron chi connectivity index (χ3n) is 1.33. The Labute approximate surface area is 87.1 Å². The van der Waals surface area contributed by atoms with Crippen LogP contribution < -0.4 is 5.32 Å². The van der Waals surface area contributed by atoms with Gasteiger partial charge in [-0.25, -0.2) is 9.97 Å². The molecule has 0 bridgehead atoms. The Morgan fingerprint density at radius 1 is 1.64 bits per heavy atom. The summed E-state index contributed by atoms with van der Waals surface area (Å²) in [6, 6.07) is 1.54. The molecule has 0 fully saturated rings. The number of carbonyl (C=O) groups excluding carboxylic acids is 1. The second-order valence-corrected chi connectivity index (χ2v) is 3.38. The van der Waals surface area contributed by atoms with E-state index >= 15 is 0 Å². The molecular weight excluding hydrogens is 204 g/mol. The zero-order valence-corrected chi connectivity index (χ0v) is 8.75. The summed E-state index contributed by atoms with van der Waals surface area (Å²) in [5.74, 6) is 0.0571. The number of nitrogens with zero attached hydrogens (tertiary/aromatic N) is 3. The number of amides is 1. The summed E-state index contributed by atoms with van der Waals surface area (Å²) in [5.41, 5.74) is 0. The fraction of sp³-hybridized carbons (Fsp3) is 0.375. The number of aromatic nitrogens is 2. The lowest BCUT2D eigenvalue weighted by Gasteiger charge is -2.08. The van der Waals surface area contributed by atoms with Crippen molar-refractivity contribution in [1.29, 1.82) is 0 Å². The first-order valence-electron chi connectivity index (χ1n) is 4.01. The highest BCUT2D eigenvalue weighted by molar-refractivity contribution is 6.29. The van der Waals surface area contributed by atoms with E-state index in [2.05, 4.69) is 15.3 Å². The van der Waals surface area contributed by atoms with E-state index in [1.807, 2.05) is 0 Å². The molecule has 1 aromatic rings. The standard InChI is InChI=1S/C8H11ClN4O/c1-13(2)5-7(14)12-8-10-4-3-6(9)11-8/h3-4H,5H2,1-2H3,(H,10,11,12,14). The van der Waals surface area contributed by atoms with E-state index in [9.17, 15) is 4.79 Å². The van der Waals surface area contributed by atoms with Gasteiger partial charge in [0.05, 0.1) is 6.54 Å². The van der Waals surface area contributed by atoms with Gasteiger partial charge in [0.2, 0.25) is 11.9 Å². The molecule has 1 N–H and O–H groups in total. The Hall–Kier alpha value is -1.20. The van der Waals surface area contributed by atoms with E-state index in [1.165, 1.54) is 6.20 Å². The van der Waals surface area contributed by atoms with E-state index in [1.54, 1.807) is 25.1 Å². The highest BCUT2D eigenvalue weighted by Gasteiger charge is 2.05. The third-order valence-corrected chi connectivity index (χ3v) is 1.54. The second kappa shape index (κ2) is 4.88. The van der Waals surface area contributed by atoms with Crippen LogP contribution in [-0.4, -0.2) is 41.4 Å². The first kappa shape index (κ1) is 10.9. The molecule has 0 aliphatic heterocycles. The third kappa shape index (κ3) is 3.68. The second-order valence-electron chi connectivity index (χ2n) is 2.99. The van der Waals surface area contributed by atoms with Crippen molar-refractivity contribution in [2.45, 2.75) is 0 Å². The van der Waals surface area contributed by atoms with Crippen molar-refractivity contribution < 1.29 is 4.79 Å². The van der Waals surface area contributed by atoms with Crippen molar-refractivity contribution in [3.05, 3.63) is 17.4 Å². The Morgan fingerprint density at radius 2 is 2.36 bits per heavy atom. The molecule has 0 unspecified atom stereocenters. The SMILES string of the molecule is CN(C)CC(=O)Nc1nccc(Cl)n1. The van der Waals surface area contributed by atoms with Gasteiger partial charge in [-0.05, 0) is 20.2 Å². The van der Waals surface area contributed by atoms with Crippen molar-refractivity contribution in [3.8, 4) is 0 Å². The Morgan fingerprint density at radius 3 is 2.93 bits per heavy atom. The number of hydrogen-bond acceptors (Lipinski definition) is 4. The minimum Gasteiger partial charge on any atom is -0.301 e. The minimum atomic E-state index is -0.169. The van der Waals surface area contributed by atoms with Gasteiger partial charge >= 0.3 is 0 Å². The lowest BCUT2D eigenvalue weighted by Crippen LogP contribution is -2.27. The largest absolute Gasteiger partial charge is 0.301 e. The molecule has 0 spiro atoms. The summed E-state index contributed by atoms with van der Waals surface area (Å²) < 4.78 is 0. The monoisotopic (exact) mass is 214 g/mol. The van der Waals surface area contributed by atoms with Gasteiger partial charge < -0.3 is 4.90 Å². The minimum absolute atomic E-state index is 0.169. The van der Waals surface area contributed by atoms with Crippen LogP contribution in [0.4, 0.5) is 5.95 Å². The van der Waals surface area contributed by atoms with Crippen molar-refractivity contribution >= 4 is 23.5 Å². The van der Waals surface area contributed by atoms with Crippen molar-refractivity contribution in [1.82, 2.24) is 14.9 Å². The highest BCUT2D eigenvalue weighted by atomic mass is 35.5. The zero-order chi connectivity index (χ0) is 10.6. The molecule has 76 valence electrons. The summed E-state index contributed by atoms with van der Waals surface area (Å²) in [7, 11) is 3.61. The first-order chi connectivity index (χ1) is 6.58. The van der Waals surface area contributed by atoms with Crippen LogP contribution in [0.25, 0.3) is 0 Å². The van der Waals surface area contributed by atoms with Gasteiger partial charge in [-0.3, -0.25) is 10.1 Å². The van der Waals surface area contributed by atoms with Crippen molar-refractivity contribution in [3.63, 3.8) is 0 Å². The summed E-state index contributed by atoms with van der Waals surface area (Å²) in [4.78, 5) is 20.7. The summed E-state index contributed by atoms with van der Waals surface area (Å²) in [6.07, 6.45) is 1.49. The molecule has 6 heteroatoms. The number of likely N-dealkylation sites (N-methyl/N-ethyl adjacent to an activating group) is 1. The molecule has 14 heavy (non-hydrogen) atoms. The molecule has 1 heterocycles. The Kier molecular flexibility index (Phi) is 3.79. The highest BCUT2D eigenvalue weighted by Crippen LogP contribution is 2.05. The van der Waals surface area contributed by atoms with Gasteiger partial charge in [0, 0.05) is 6.20 Å². The Bertz CT molecular complexity index is 329. The number of halogens is 1. The van der Waals surface area contributed by atoms with E-state index in [0.717, 1.165) is 0 Å². The smallest absolute Gasteiger partial charge is 0.240 e. The Balaban J connectivity index is 2.56. The molecule has 1 aromatic heterocycles. The molecular formula is C8H11ClN4O. The number of nitrogens with one attached hydrogen (secondary N) is 1. The summed E-state index contributed by atoms with van der Waals surface area (Å²) >= 11 is 5.62. The number of rotatable bonds is 3. The molecule has 0 saturated carbocycles. The van der Waals surface area contributed by atoms with Crippen molar-refractivity contribution in [2.24, 2.45) is 0 Å². The molecule has 0 atom stereocenters. The molecule has 0 aliphatic carbocycles. The quantitative estimate of drug-likeness (QED) is 0.750. The molecule has 1 rings (SSSR count). The van der Waals surface area contributed by atoms with Crippen LogP contribution in [0, 0.1) is 0 Å². The van der Waals surface area contributed by atoms with Crippen LogP contribution in [0.2, 0.25) is 5.15 Å². The predicted octanol–water partition coefficient (Wildman–Crippen LogP) is 0.630. The maximum Gasteiger partial charge on any atom is 0.240 e. The van der Waals surface area contributed by atoms with Gasteiger partial charge in [0.1, 0.15) is 5.15 Å². The molecule has 0 radical (unpaired) electrons. The topological polar surface area (TPSA) is 58.1 Å². The normalized spacial score (nSPS) is 10.3. The van der Waals surface area contributed by atoms with Crippen LogP contribution in [0.15, 0.2) is 12.3 Å². The van der Waals surface area contributed by atoms with Crippen LogP contribution >= 0.6 is 11.6 Å². The van der Waals surface area contributed by atoms with Gasteiger partial charge in [0.15, 0.2) is 0 Å². The summed E-state index contributed by atoms with van der Waals surface area (Å²) in [6.45, 7) is 0.288. The number of anilines is 1. The van der Waals surface area contributed by atoms with Crippen LogP contribution in [0.3, 0.4) is 0 Å². The van der Waals surface area contributed by atoms with Crippen molar-refractivity contribution in [2.75, 3.05) is 26.0 Å². The molecule has 0 aromatic carbocycles. The van der Waals surface area contributed by atoms with Gasteiger partial charge in [-0.1, -0.05) is 11.6 Å². The lowest BCUT2D eigenvalue weighted by atomic mass is 10.5. The predicted molar refractivity (Wildman–Crippen MR) is 54.2 cm³/mol. The van der Waals surface area contributed by atoms with Crippen LogP contribution in [-0.2, 0) is 4.79 Å². The average Bonchev–Trinajstić information content (AvgIpc) is 2.01. The van der Waals surface area contributed by atoms with E-state index in [4.69, 9.17) is 11.6 Å². The maximum atomic E-state index is 11.3. The lowest BCUT2D eigenvalue weighted by molar-refractivity contribution is -0.116. The van der Waals surface area contributed by atoms with E-state index in [-0.39, 0.29) is 18.4 Å². The van der Waals surface area contributed by atoms with Gasteiger partial charge in [-0.15, -0.1) is 0 Å². The average molecular weight is 215 g/mol. The number of carbonyl (C=O) groups is 1. The fourth-order valence-electron chi connectivity index (χ4n) is 0.848. The molecule has 0 aliphatic rings. The maximum absolute atomic E-state index is 11.3. The fourth-order valence-corrected chi connectivity index (χ4v) is 0.985.